The standard InChI is InChI=1S/C25H32N2O3S/c1-18-6-8-23(9-7-18)31(29,30)26-13-10-21(11-14-26)25(28)27-12-4-5-24(27)22-16-19(2)15-20(3)17-22/h6-9,15-17,21,24H,4-5,10-14H2,1-3H3. The van der Waals surface area contributed by atoms with Crippen molar-refractivity contribution in [1.82, 2.24) is 9.21 Å². The molecular weight excluding hydrogens is 408 g/mol. The van der Waals surface area contributed by atoms with E-state index in [-0.39, 0.29) is 17.9 Å². The van der Waals surface area contributed by atoms with Gasteiger partial charge in [0.2, 0.25) is 15.9 Å². The molecule has 4 rings (SSSR count). The van der Waals surface area contributed by atoms with Crippen LogP contribution in [0.1, 0.15) is 54.0 Å². The van der Waals surface area contributed by atoms with Gasteiger partial charge < -0.3 is 4.90 Å². The highest BCUT2D eigenvalue weighted by molar-refractivity contribution is 7.89. The van der Waals surface area contributed by atoms with Crippen molar-refractivity contribution in [2.75, 3.05) is 19.6 Å². The van der Waals surface area contributed by atoms with Gasteiger partial charge in [-0.1, -0.05) is 47.0 Å². The number of piperidine rings is 1. The van der Waals surface area contributed by atoms with Crippen molar-refractivity contribution in [3.05, 3.63) is 64.7 Å². The molecule has 166 valence electrons. The molecule has 1 unspecified atom stereocenters. The predicted octanol–water partition coefficient (Wildman–Crippen LogP) is 4.38. The topological polar surface area (TPSA) is 57.7 Å². The van der Waals surface area contributed by atoms with E-state index in [1.54, 1.807) is 12.1 Å². The second kappa shape index (κ2) is 8.75. The summed E-state index contributed by atoms with van der Waals surface area (Å²) in [5.41, 5.74) is 4.71. The number of amides is 1. The van der Waals surface area contributed by atoms with E-state index in [1.807, 2.05) is 24.0 Å². The van der Waals surface area contributed by atoms with Crippen molar-refractivity contribution >= 4 is 15.9 Å². The largest absolute Gasteiger partial charge is 0.335 e. The number of hydrogen-bond donors (Lipinski definition) is 0. The Morgan fingerprint density at radius 2 is 1.45 bits per heavy atom. The summed E-state index contributed by atoms with van der Waals surface area (Å²) in [5, 5.41) is 0. The van der Waals surface area contributed by atoms with Gasteiger partial charge in [0.1, 0.15) is 0 Å². The number of aryl methyl sites for hydroxylation is 3. The molecule has 0 radical (unpaired) electrons. The van der Waals surface area contributed by atoms with Gasteiger partial charge >= 0.3 is 0 Å². The Morgan fingerprint density at radius 3 is 2.06 bits per heavy atom. The minimum atomic E-state index is -3.50. The lowest BCUT2D eigenvalue weighted by molar-refractivity contribution is -0.137. The molecule has 0 aromatic heterocycles. The summed E-state index contributed by atoms with van der Waals surface area (Å²) < 4.78 is 27.5. The molecule has 1 amide bonds. The summed E-state index contributed by atoms with van der Waals surface area (Å²) in [6, 6.07) is 13.7. The van der Waals surface area contributed by atoms with Crippen LogP contribution in [0, 0.1) is 26.7 Å². The first kappa shape index (κ1) is 22.0. The third kappa shape index (κ3) is 4.55. The summed E-state index contributed by atoms with van der Waals surface area (Å²) in [4.78, 5) is 15.8. The molecule has 0 saturated carbocycles. The zero-order valence-electron chi connectivity index (χ0n) is 18.7. The quantitative estimate of drug-likeness (QED) is 0.709. The molecule has 2 saturated heterocycles. The molecule has 31 heavy (non-hydrogen) atoms. The Labute approximate surface area is 186 Å². The second-order valence-corrected chi connectivity index (χ2v) is 11.0. The van der Waals surface area contributed by atoms with Gasteiger partial charge in [0, 0.05) is 25.6 Å². The van der Waals surface area contributed by atoms with Crippen LogP contribution in [0.15, 0.2) is 47.4 Å². The molecule has 2 aliphatic rings. The second-order valence-electron chi connectivity index (χ2n) is 9.10. The van der Waals surface area contributed by atoms with Crippen LogP contribution < -0.4 is 0 Å². The van der Waals surface area contributed by atoms with Crippen LogP contribution in [0.3, 0.4) is 0 Å². The number of rotatable bonds is 4. The van der Waals surface area contributed by atoms with Gasteiger partial charge in [-0.05, 0) is 64.2 Å². The summed E-state index contributed by atoms with van der Waals surface area (Å²) in [6.45, 7) is 7.72. The Bertz CT molecular complexity index is 1030. The van der Waals surface area contributed by atoms with Gasteiger partial charge in [-0.25, -0.2) is 8.42 Å². The van der Waals surface area contributed by atoms with Crippen molar-refractivity contribution in [2.45, 2.75) is 57.4 Å². The fraction of sp³-hybridized carbons (Fsp3) is 0.480. The van der Waals surface area contributed by atoms with E-state index in [1.165, 1.54) is 21.0 Å². The maximum atomic E-state index is 13.4. The minimum absolute atomic E-state index is 0.101. The third-order valence-electron chi connectivity index (χ3n) is 6.63. The smallest absolute Gasteiger partial charge is 0.243 e. The third-order valence-corrected chi connectivity index (χ3v) is 8.54. The van der Waals surface area contributed by atoms with Crippen LogP contribution in [0.5, 0.6) is 0 Å². The Kier molecular flexibility index (Phi) is 6.22. The van der Waals surface area contributed by atoms with Crippen LogP contribution in [0.25, 0.3) is 0 Å². The number of carbonyl (C=O) groups is 1. The van der Waals surface area contributed by atoms with Gasteiger partial charge in [-0.2, -0.15) is 4.31 Å². The first-order valence-electron chi connectivity index (χ1n) is 11.2. The van der Waals surface area contributed by atoms with Crippen LogP contribution in [-0.4, -0.2) is 43.2 Å². The Balaban J connectivity index is 1.43. The van der Waals surface area contributed by atoms with Gasteiger partial charge in [0.15, 0.2) is 0 Å². The zero-order chi connectivity index (χ0) is 22.2. The van der Waals surface area contributed by atoms with Crippen molar-refractivity contribution in [2.24, 2.45) is 5.92 Å². The minimum Gasteiger partial charge on any atom is -0.335 e. The molecule has 2 heterocycles. The number of sulfonamides is 1. The highest BCUT2D eigenvalue weighted by atomic mass is 32.2. The van der Waals surface area contributed by atoms with Crippen molar-refractivity contribution < 1.29 is 13.2 Å². The molecular formula is C25H32N2O3S. The fourth-order valence-corrected chi connectivity index (χ4v) is 6.49. The van der Waals surface area contributed by atoms with E-state index >= 15 is 0 Å². The number of hydrogen-bond acceptors (Lipinski definition) is 3. The van der Waals surface area contributed by atoms with Crippen LogP contribution in [0.2, 0.25) is 0 Å². The lowest BCUT2D eigenvalue weighted by Gasteiger charge is -2.34. The SMILES string of the molecule is Cc1ccc(S(=O)(=O)N2CCC(C(=O)N3CCCC3c3cc(C)cc(C)c3)CC2)cc1. The van der Waals surface area contributed by atoms with Crippen LogP contribution in [-0.2, 0) is 14.8 Å². The average molecular weight is 441 g/mol. The highest BCUT2D eigenvalue weighted by Crippen LogP contribution is 2.36. The molecule has 6 heteroatoms. The molecule has 0 aliphatic carbocycles. The molecule has 2 aromatic carbocycles. The van der Waals surface area contributed by atoms with E-state index in [9.17, 15) is 13.2 Å². The van der Waals surface area contributed by atoms with E-state index in [4.69, 9.17) is 0 Å². The van der Waals surface area contributed by atoms with Crippen molar-refractivity contribution in [3.8, 4) is 0 Å². The lowest BCUT2D eigenvalue weighted by atomic mass is 9.94. The summed E-state index contributed by atoms with van der Waals surface area (Å²) >= 11 is 0. The van der Waals surface area contributed by atoms with Crippen molar-refractivity contribution in [1.29, 1.82) is 0 Å². The number of carbonyl (C=O) groups excluding carboxylic acids is 1. The van der Waals surface area contributed by atoms with E-state index < -0.39 is 10.0 Å². The average Bonchev–Trinajstić information content (AvgIpc) is 3.23. The van der Waals surface area contributed by atoms with E-state index in [2.05, 4.69) is 32.0 Å². The number of nitrogens with zero attached hydrogens (tertiary/aromatic N) is 2. The van der Waals surface area contributed by atoms with Crippen LogP contribution >= 0.6 is 0 Å². The van der Waals surface area contributed by atoms with Gasteiger partial charge in [-0.3, -0.25) is 4.79 Å². The Hall–Kier alpha value is -2.18. The van der Waals surface area contributed by atoms with Gasteiger partial charge in [-0.15, -0.1) is 0 Å². The fourth-order valence-electron chi connectivity index (χ4n) is 5.02. The van der Waals surface area contributed by atoms with E-state index in [0.717, 1.165) is 24.9 Å². The number of likely N-dealkylation sites (tertiary alicyclic amines) is 1. The summed E-state index contributed by atoms with van der Waals surface area (Å²) in [7, 11) is -3.50. The molecule has 0 N–H and O–H groups in total. The molecule has 2 fully saturated rings. The molecule has 2 aromatic rings. The Morgan fingerprint density at radius 1 is 0.839 bits per heavy atom. The molecule has 0 spiro atoms. The monoisotopic (exact) mass is 440 g/mol. The molecule has 2 aliphatic heterocycles. The normalized spacial score (nSPS) is 20.9. The summed E-state index contributed by atoms with van der Waals surface area (Å²) in [5.74, 6) is 0.0880. The molecule has 5 nitrogen and oxygen atoms in total. The number of benzene rings is 2. The molecule has 1 atom stereocenters. The predicted molar refractivity (Wildman–Crippen MR) is 122 cm³/mol. The maximum absolute atomic E-state index is 13.4. The maximum Gasteiger partial charge on any atom is 0.243 e. The molecule has 0 bridgehead atoms. The van der Waals surface area contributed by atoms with E-state index in [0.29, 0.717) is 30.8 Å². The summed E-state index contributed by atoms with van der Waals surface area (Å²) in [6.07, 6.45) is 3.18. The van der Waals surface area contributed by atoms with Gasteiger partial charge in [0.05, 0.1) is 10.9 Å². The lowest BCUT2D eigenvalue weighted by Crippen LogP contribution is -2.44. The first-order chi connectivity index (χ1) is 14.8. The van der Waals surface area contributed by atoms with Crippen molar-refractivity contribution in [3.63, 3.8) is 0 Å². The highest BCUT2D eigenvalue weighted by Gasteiger charge is 2.37. The first-order valence-corrected chi connectivity index (χ1v) is 12.7. The van der Waals surface area contributed by atoms with Gasteiger partial charge in [0.25, 0.3) is 0 Å². The zero-order valence-corrected chi connectivity index (χ0v) is 19.5. The van der Waals surface area contributed by atoms with Crippen LogP contribution in [0.4, 0.5) is 0 Å².